The van der Waals surface area contributed by atoms with Gasteiger partial charge in [-0.05, 0) is 48.2 Å². The Morgan fingerprint density at radius 2 is 1.84 bits per heavy atom. The normalized spacial score (nSPS) is 18.4. The average Bonchev–Trinajstić information content (AvgIpc) is 3.81. The zero-order valence-corrected chi connectivity index (χ0v) is 31.2. The van der Waals surface area contributed by atoms with Crippen LogP contribution in [0.15, 0.2) is 71.7 Å². The first kappa shape index (κ1) is 38.1. The predicted octanol–water partition coefficient (Wildman–Crippen LogP) is 6.13. The summed E-state index contributed by atoms with van der Waals surface area (Å²) in [4.78, 5) is 54.6. The molecule has 3 aliphatic rings. The number of fused-ring (bicyclic) bond motifs is 3. The molecule has 1 fully saturated rings. The van der Waals surface area contributed by atoms with Gasteiger partial charge in [-0.2, -0.15) is 22.7 Å². The molecule has 0 radical (unpaired) electrons. The molecule has 57 heavy (non-hydrogen) atoms. The van der Waals surface area contributed by atoms with Gasteiger partial charge in [-0.25, -0.2) is 9.37 Å². The lowest BCUT2D eigenvalue weighted by Gasteiger charge is -2.36. The van der Waals surface area contributed by atoms with Crippen LogP contribution in [0.3, 0.4) is 0 Å². The molecule has 0 aliphatic carbocycles. The fourth-order valence-electron chi connectivity index (χ4n) is 7.48. The maximum Gasteiger partial charge on any atom is 0.416 e. The van der Waals surface area contributed by atoms with Gasteiger partial charge in [0.25, 0.3) is 11.5 Å². The number of anilines is 2. The summed E-state index contributed by atoms with van der Waals surface area (Å²) in [5.74, 6) is -2.03. The van der Waals surface area contributed by atoms with Gasteiger partial charge in [0, 0.05) is 38.3 Å². The summed E-state index contributed by atoms with van der Waals surface area (Å²) < 4.78 is 69.1. The van der Waals surface area contributed by atoms with Gasteiger partial charge in [0.1, 0.15) is 18.3 Å². The number of carbonyl (C=O) groups is 2. The van der Waals surface area contributed by atoms with E-state index in [4.69, 9.17) is 26.1 Å². The van der Waals surface area contributed by atoms with E-state index in [2.05, 4.69) is 15.4 Å². The molecule has 3 aliphatic heterocycles. The maximum atomic E-state index is 15.0. The molecule has 2 aromatic carbocycles. The van der Waals surface area contributed by atoms with E-state index in [1.807, 2.05) is 48.2 Å². The van der Waals surface area contributed by atoms with Crippen LogP contribution in [-0.4, -0.2) is 80.3 Å². The van der Waals surface area contributed by atoms with Crippen molar-refractivity contribution in [2.24, 2.45) is 0 Å². The first-order chi connectivity index (χ1) is 27.4. The molecule has 13 nitrogen and oxygen atoms in total. The quantitative estimate of drug-likeness (QED) is 0.184. The molecule has 2 amide bonds. The minimum atomic E-state index is -4.62. The minimum Gasteiger partial charge on any atom is -0.483 e. The highest BCUT2D eigenvalue weighted by Crippen LogP contribution is 2.42. The Bertz CT molecular complexity index is 2470. The molecule has 5 aromatic rings. The molecule has 0 unspecified atom stereocenters. The maximum absolute atomic E-state index is 15.0. The van der Waals surface area contributed by atoms with E-state index in [1.165, 1.54) is 15.6 Å². The molecule has 18 heteroatoms. The zero-order valence-electron chi connectivity index (χ0n) is 30.4. The number of nitrogens with one attached hydrogen (secondary N) is 1. The SMILES string of the molecule is C[C@H]1C[C@@H](C(=O)Nc2ccc(C(F)(F)F)cc2Cl)n2c1c(N1CCN(C(=O)c3nccc(F)c3OCc3ccccc3)CC1)c(=O)n1nc(C3=CCOCC3)nc21. The van der Waals surface area contributed by atoms with Crippen LogP contribution in [-0.2, 0) is 22.3 Å². The van der Waals surface area contributed by atoms with Crippen molar-refractivity contribution in [2.45, 2.75) is 44.5 Å². The number of piperazine rings is 1. The van der Waals surface area contributed by atoms with Crippen molar-refractivity contribution in [3.05, 3.63) is 116 Å². The number of carbonyl (C=O) groups excluding carboxylic acids is 2. The van der Waals surface area contributed by atoms with Gasteiger partial charge in [0.2, 0.25) is 11.7 Å². The number of nitrogens with zero attached hydrogens (tertiary/aromatic N) is 7. The van der Waals surface area contributed by atoms with Crippen molar-refractivity contribution in [1.82, 2.24) is 29.0 Å². The van der Waals surface area contributed by atoms with Crippen LogP contribution in [0.4, 0.5) is 28.9 Å². The second-order valence-electron chi connectivity index (χ2n) is 14.0. The van der Waals surface area contributed by atoms with Crippen LogP contribution in [0.1, 0.15) is 64.9 Å². The predicted molar refractivity (Wildman–Crippen MR) is 201 cm³/mol. The number of amides is 2. The Kier molecular flexibility index (Phi) is 10.2. The standard InChI is InChI=1S/C39H35ClF4N8O5/c1-22-19-29(35(53)46-28-8-7-25(20-26(28)40)39(42,43)44)51-31(22)32(37(55)52-38(51)47-34(48-52)24-10-17-56-18-11-24)49-13-15-50(16-14-49)36(54)30-33(27(41)9-12-45-30)57-21-23-5-3-2-4-6-23/h2-10,12,20,22,29H,11,13-19,21H2,1H3,(H,46,53)/t22-,29-/m0/s1. The topological polar surface area (TPSA) is 136 Å². The Morgan fingerprint density at radius 1 is 1.07 bits per heavy atom. The molecule has 6 heterocycles. The lowest BCUT2D eigenvalue weighted by Crippen LogP contribution is -2.51. The number of aromatic nitrogens is 5. The van der Waals surface area contributed by atoms with Crippen molar-refractivity contribution < 1.29 is 36.6 Å². The van der Waals surface area contributed by atoms with Crippen LogP contribution in [0.5, 0.6) is 5.75 Å². The molecule has 0 bridgehead atoms. The van der Waals surface area contributed by atoms with Crippen LogP contribution in [0.25, 0.3) is 11.4 Å². The highest BCUT2D eigenvalue weighted by Gasteiger charge is 2.41. The highest BCUT2D eigenvalue weighted by molar-refractivity contribution is 6.33. The van der Waals surface area contributed by atoms with Crippen molar-refractivity contribution in [3.8, 4) is 5.75 Å². The van der Waals surface area contributed by atoms with E-state index in [0.717, 1.165) is 35.4 Å². The van der Waals surface area contributed by atoms with Crippen LogP contribution in [0, 0.1) is 5.82 Å². The molecule has 0 saturated carbocycles. The summed E-state index contributed by atoms with van der Waals surface area (Å²) in [6.45, 7) is 3.36. The molecule has 1 saturated heterocycles. The largest absolute Gasteiger partial charge is 0.483 e. The Hall–Kier alpha value is -5.81. The molecule has 3 aromatic heterocycles. The number of ether oxygens (including phenoxy) is 2. The van der Waals surface area contributed by atoms with Gasteiger partial charge in [-0.15, -0.1) is 5.10 Å². The number of benzene rings is 2. The fraction of sp³-hybridized carbons (Fsp3) is 0.333. The first-order valence-electron chi connectivity index (χ1n) is 18.2. The van der Waals surface area contributed by atoms with Crippen molar-refractivity contribution in [2.75, 3.05) is 49.6 Å². The van der Waals surface area contributed by atoms with Gasteiger partial charge in [0.05, 0.1) is 35.2 Å². The third-order valence-electron chi connectivity index (χ3n) is 10.3. The van der Waals surface area contributed by atoms with E-state index >= 15 is 4.39 Å². The second-order valence-corrected chi connectivity index (χ2v) is 14.4. The average molecular weight is 807 g/mol. The van der Waals surface area contributed by atoms with E-state index in [9.17, 15) is 27.6 Å². The molecule has 2 atom stereocenters. The van der Waals surface area contributed by atoms with E-state index in [-0.39, 0.29) is 78.7 Å². The van der Waals surface area contributed by atoms with Gasteiger partial charge >= 0.3 is 6.18 Å². The molecule has 0 spiro atoms. The highest BCUT2D eigenvalue weighted by atomic mass is 35.5. The summed E-state index contributed by atoms with van der Waals surface area (Å²) in [6, 6.07) is 12.0. The summed E-state index contributed by atoms with van der Waals surface area (Å²) in [6.07, 6.45) is -0.858. The van der Waals surface area contributed by atoms with Crippen LogP contribution in [0.2, 0.25) is 5.02 Å². The second kappa shape index (κ2) is 15.3. The van der Waals surface area contributed by atoms with Crippen LogP contribution >= 0.6 is 11.6 Å². The smallest absolute Gasteiger partial charge is 0.416 e. The number of hydrogen-bond donors (Lipinski definition) is 1. The minimum absolute atomic E-state index is 0.00947. The number of hydrogen-bond acceptors (Lipinski definition) is 9. The van der Waals surface area contributed by atoms with E-state index in [0.29, 0.717) is 31.2 Å². The lowest BCUT2D eigenvalue weighted by molar-refractivity contribution is -0.137. The van der Waals surface area contributed by atoms with E-state index < -0.39 is 41.0 Å². The Morgan fingerprint density at radius 3 is 2.54 bits per heavy atom. The van der Waals surface area contributed by atoms with Crippen molar-refractivity contribution in [3.63, 3.8) is 0 Å². The van der Waals surface area contributed by atoms with Crippen LogP contribution < -0.4 is 20.5 Å². The summed E-state index contributed by atoms with van der Waals surface area (Å²) in [5.41, 5.74) is 0.744. The molecule has 1 N–H and O–H groups in total. The van der Waals surface area contributed by atoms with Gasteiger partial charge in [0.15, 0.2) is 23.1 Å². The molecular formula is C39H35ClF4N8O5. The van der Waals surface area contributed by atoms with Gasteiger partial charge in [-0.3, -0.25) is 19.0 Å². The third kappa shape index (κ3) is 7.32. The third-order valence-corrected chi connectivity index (χ3v) is 10.6. The monoisotopic (exact) mass is 806 g/mol. The number of halogens is 5. The molecular weight excluding hydrogens is 772 g/mol. The lowest BCUT2D eigenvalue weighted by atomic mass is 10.0. The fourth-order valence-corrected chi connectivity index (χ4v) is 7.71. The Balaban J connectivity index is 1.11. The summed E-state index contributed by atoms with van der Waals surface area (Å²) in [5, 5.41) is 6.99. The zero-order chi connectivity index (χ0) is 40.0. The van der Waals surface area contributed by atoms with Crippen molar-refractivity contribution in [1.29, 1.82) is 0 Å². The van der Waals surface area contributed by atoms with E-state index in [1.54, 1.807) is 4.57 Å². The van der Waals surface area contributed by atoms with Crippen molar-refractivity contribution >= 4 is 46.1 Å². The molecule has 296 valence electrons. The van der Waals surface area contributed by atoms with Gasteiger partial charge in [-0.1, -0.05) is 54.9 Å². The molecule has 8 rings (SSSR count). The Labute approximate surface area is 327 Å². The van der Waals surface area contributed by atoms with Gasteiger partial charge < -0.3 is 24.6 Å². The number of alkyl halides is 3. The summed E-state index contributed by atoms with van der Waals surface area (Å²) >= 11 is 6.21. The number of pyridine rings is 1. The summed E-state index contributed by atoms with van der Waals surface area (Å²) in [7, 11) is 0. The first-order valence-corrected chi connectivity index (χ1v) is 18.6. The number of rotatable bonds is 8.